The van der Waals surface area contributed by atoms with Gasteiger partial charge in [0, 0.05) is 27.1 Å². The van der Waals surface area contributed by atoms with Gasteiger partial charge >= 0.3 is 0 Å². The molecule has 0 aliphatic heterocycles. The predicted octanol–water partition coefficient (Wildman–Crippen LogP) is 12.9. The third kappa shape index (κ3) is 4.60. The average Bonchev–Trinajstić information content (AvgIpc) is 3.92. The zero-order valence-electron chi connectivity index (χ0n) is 31.5. The molecule has 1 aliphatic rings. The number of nitrogens with zero attached hydrogens (tertiary/aromatic N) is 5. The van der Waals surface area contributed by atoms with Gasteiger partial charge in [0.2, 0.25) is 5.95 Å². The van der Waals surface area contributed by atoms with Crippen molar-refractivity contribution in [1.82, 2.24) is 24.3 Å². The number of hydrogen-bond donors (Lipinski definition) is 0. The number of aromatic nitrogens is 5. The first kappa shape index (κ1) is 31.9. The summed E-state index contributed by atoms with van der Waals surface area (Å²) in [6.07, 6.45) is 1.93. The Labute approximate surface area is 329 Å². The Kier molecular flexibility index (Phi) is 6.62. The van der Waals surface area contributed by atoms with Gasteiger partial charge in [0.15, 0.2) is 0 Å². The fourth-order valence-electron chi connectivity index (χ4n) is 9.46. The molecule has 0 fully saturated rings. The van der Waals surface area contributed by atoms with Crippen molar-refractivity contribution in [1.29, 1.82) is 0 Å². The molecule has 0 radical (unpaired) electrons. The van der Waals surface area contributed by atoms with E-state index in [9.17, 15) is 0 Å². The number of fused-ring (bicyclic) bond motifs is 11. The minimum Gasteiger partial charge on any atom is -0.278 e. The van der Waals surface area contributed by atoms with Crippen LogP contribution in [0.1, 0.15) is 25.0 Å². The molecule has 0 saturated heterocycles. The van der Waals surface area contributed by atoms with E-state index < -0.39 is 0 Å². The van der Waals surface area contributed by atoms with E-state index in [0.29, 0.717) is 5.95 Å². The smallest absolute Gasteiger partial charge is 0.235 e. The summed E-state index contributed by atoms with van der Waals surface area (Å²) in [5.41, 5.74) is 14.6. The summed E-state index contributed by atoms with van der Waals surface area (Å²) in [5, 5.41) is 11.6. The summed E-state index contributed by atoms with van der Waals surface area (Å²) in [5.74, 6) is 0.631. The fraction of sp³-hybridized carbons (Fsp3) is 0.0577. The number of rotatable bonds is 4. The molecule has 268 valence electrons. The van der Waals surface area contributed by atoms with Crippen LogP contribution in [0.3, 0.4) is 0 Å². The average molecular weight is 730 g/mol. The molecule has 3 aromatic heterocycles. The van der Waals surface area contributed by atoms with Crippen LogP contribution in [0, 0.1) is 0 Å². The Balaban J connectivity index is 1.13. The van der Waals surface area contributed by atoms with Crippen LogP contribution in [0.25, 0.3) is 99.5 Å². The minimum absolute atomic E-state index is 0.0769. The Morgan fingerprint density at radius 3 is 2.07 bits per heavy atom. The molecule has 8 aromatic carbocycles. The molecule has 11 aromatic rings. The highest BCUT2D eigenvalue weighted by molar-refractivity contribution is 6.22. The second-order valence-corrected chi connectivity index (χ2v) is 15.7. The summed E-state index contributed by atoms with van der Waals surface area (Å²) in [4.78, 5) is 10.9. The first-order valence-corrected chi connectivity index (χ1v) is 19.5. The Hall–Kier alpha value is -7.37. The first-order valence-electron chi connectivity index (χ1n) is 19.5. The summed E-state index contributed by atoms with van der Waals surface area (Å²) in [7, 11) is 0. The summed E-state index contributed by atoms with van der Waals surface area (Å²) in [6, 6.07) is 60.9. The van der Waals surface area contributed by atoms with Gasteiger partial charge in [0.25, 0.3) is 0 Å². The predicted molar refractivity (Wildman–Crippen MR) is 234 cm³/mol. The standard InChI is InChI=1S/C52H35N5/c1-52(2)42-20-12-11-19-39(42)40-25-21-35(30-43(40)52)34-24-27-45-41(29-34)47-38-18-10-9-13-32(38)23-28-46(47)56(45)51-54-44-26-22-36-31-53-57(37-16-7-4-8-17-37)50(36)48(44)49(55-51)33-14-5-3-6-15-33/h3-31H,1-2H3. The lowest BCUT2D eigenvalue weighted by Gasteiger charge is -2.22. The van der Waals surface area contributed by atoms with E-state index in [2.05, 4.69) is 164 Å². The van der Waals surface area contributed by atoms with Crippen molar-refractivity contribution in [3.63, 3.8) is 0 Å². The Morgan fingerprint density at radius 1 is 0.491 bits per heavy atom. The van der Waals surface area contributed by atoms with Crippen LogP contribution in [0.5, 0.6) is 0 Å². The summed E-state index contributed by atoms with van der Waals surface area (Å²) in [6.45, 7) is 4.69. The van der Waals surface area contributed by atoms with Crippen LogP contribution in [0.2, 0.25) is 0 Å². The van der Waals surface area contributed by atoms with E-state index in [4.69, 9.17) is 15.1 Å². The van der Waals surface area contributed by atoms with Gasteiger partial charge in [-0.25, -0.2) is 14.6 Å². The van der Waals surface area contributed by atoms with Gasteiger partial charge in [-0.05, 0) is 92.7 Å². The van der Waals surface area contributed by atoms with Gasteiger partial charge in [0.05, 0.1) is 45.0 Å². The molecular weight excluding hydrogens is 695 g/mol. The maximum absolute atomic E-state index is 5.52. The van der Waals surface area contributed by atoms with E-state index in [1.54, 1.807) is 0 Å². The molecule has 0 bridgehead atoms. The third-order valence-corrected chi connectivity index (χ3v) is 12.2. The van der Waals surface area contributed by atoms with Crippen molar-refractivity contribution in [3.8, 4) is 45.1 Å². The normalized spacial score (nSPS) is 13.2. The largest absolute Gasteiger partial charge is 0.278 e. The highest BCUT2D eigenvalue weighted by Crippen LogP contribution is 2.50. The maximum Gasteiger partial charge on any atom is 0.235 e. The van der Waals surface area contributed by atoms with Crippen molar-refractivity contribution in [2.24, 2.45) is 0 Å². The zero-order chi connectivity index (χ0) is 37.8. The van der Waals surface area contributed by atoms with E-state index >= 15 is 0 Å². The molecule has 1 aliphatic carbocycles. The van der Waals surface area contributed by atoms with E-state index in [0.717, 1.165) is 49.8 Å². The van der Waals surface area contributed by atoms with E-state index in [1.165, 1.54) is 54.9 Å². The number of benzene rings is 8. The molecule has 57 heavy (non-hydrogen) atoms. The van der Waals surface area contributed by atoms with E-state index in [-0.39, 0.29) is 5.41 Å². The molecule has 5 heteroatoms. The van der Waals surface area contributed by atoms with Crippen LogP contribution in [0.15, 0.2) is 176 Å². The molecule has 0 N–H and O–H groups in total. The van der Waals surface area contributed by atoms with Crippen molar-refractivity contribution in [3.05, 3.63) is 187 Å². The van der Waals surface area contributed by atoms with Crippen LogP contribution in [-0.2, 0) is 5.41 Å². The lowest BCUT2D eigenvalue weighted by Crippen LogP contribution is -2.14. The molecule has 5 nitrogen and oxygen atoms in total. The number of para-hydroxylation sites is 1. The van der Waals surface area contributed by atoms with Gasteiger partial charge in [-0.15, -0.1) is 0 Å². The molecule has 12 rings (SSSR count). The lowest BCUT2D eigenvalue weighted by atomic mass is 9.81. The molecule has 3 heterocycles. The Bertz CT molecular complexity index is 3430. The summed E-state index contributed by atoms with van der Waals surface area (Å²) >= 11 is 0. The van der Waals surface area contributed by atoms with Gasteiger partial charge in [-0.2, -0.15) is 5.10 Å². The van der Waals surface area contributed by atoms with Gasteiger partial charge in [-0.1, -0.05) is 135 Å². The van der Waals surface area contributed by atoms with Gasteiger partial charge in [-0.3, -0.25) is 4.57 Å². The van der Waals surface area contributed by atoms with Crippen molar-refractivity contribution >= 4 is 54.4 Å². The first-order chi connectivity index (χ1) is 28.0. The monoisotopic (exact) mass is 729 g/mol. The highest BCUT2D eigenvalue weighted by atomic mass is 15.3. The third-order valence-electron chi connectivity index (χ3n) is 12.2. The van der Waals surface area contributed by atoms with Crippen molar-refractivity contribution < 1.29 is 0 Å². The van der Waals surface area contributed by atoms with Crippen LogP contribution in [0.4, 0.5) is 0 Å². The van der Waals surface area contributed by atoms with Gasteiger partial charge in [0.1, 0.15) is 0 Å². The van der Waals surface area contributed by atoms with Crippen molar-refractivity contribution in [2.45, 2.75) is 19.3 Å². The van der Waals surface area contributed by atoms with Crippen LogP contribution >= 0.6 is 0 Å². The molecule has 0 atom stereocenters. The second kappa shape index (κ2) is 11.8. The van der Waals surface area contributed by atoms with Crippen LogP contribution in [-0.4, -0.2) is 24.3 Å². The Morgan fingerprint density at radius 2 is 1.19 bits per heavy atom. The molecule has 0 amide bonds. The molecular formula is C52H35N5. The van der Waals surface area contributed by atoms with E-state index in [1.807, 2.05) is 35.1 Å². The maximum atomic E-state index is 5.52. The van der Waals surface area contributed by atoms with Crippen LogP contribution < -0.4 is 0 Å². The van der Waals surface area contributed by atoms with Gasteiger partial charge < -0.3 is 0 Å². The highest BCUT2D eigenvalue weighted by Gasteiger charge is 2.35. The molecule has 0 spiro atoms. The minimum atomic E-state index is -0.0769. The number of hydrogen-bond acceptors (Lipinski definition) is 3. The summed E-state index contributed by atoms with van der Waals surface area (Å²) < 4.78 is 4.27. The fourth-order valence-corrected chi connectivity index (χ4v) is 9.46. The molecule has 0 unspecified atom stereocenters. The SMILES string of the molecule is CC1(C)c2ccccc2-c2ccc(-c3ccc4c(c3)c3c5ccccc5ccc3n4-c3nc(-c4ccccc4)c4c(ccc5cnn(-c6ccccc6)c54)n3)cc21. The topological polar surface area (TPSA) is 48.5 Å². The second-order valence-electron chi connectivity index (χ2n) is 15.7. The lowest BCUT2D eigenvalue weighted by molar-refractivity contribution is 0.660. The zero-order valence-corrected chi connectivity index (χ0v) is 31.5. The quantitative estimate of drug-likeness (QED) is 0.181. The molecule has 0 saturated carbocycles. The van der Waals surface area contributed by atoms with Crippen molar-refractivity contribution in [2.75, 3.05) is 0 Å².